The van der Waals surface area contributed by atoms with Crippen LogP contribution in [0.3, 0.4) is 0 Å². The Morgan fingerprint density at radius 3 is 1.80 bits per heavy atom. The largest absolute Gasteiger partial charge is 0.359 e. The number of rotatable bonds is 8. The van der Waals surface area contributed by atoms with Crippen molar-refractivity contribution in [2.45, 2.75) is 45.7 Å². The molecule has 0 aromatic heterocycles. The van der Waals surface area contributed by atoms with Crippen molar-refractivity contribution in [1.82, 2.24) is 0 Å². The summed E-state index contributed by atoms with van der Waals surface area (Å²) in [7, 11) is -3.50. The minimum atomic E-state index is -3.50. The van der Waals surface area contributed by atoms with Gasteiger partial charge in [-0.3, -0.25) is 9.56 Å². The topological polar surface area (TPSA) is 47.9 Å². The van der Waals surface area contributed by atoms with Gasteiger partial charge in [0.05, 0.1) is 12.2 Å². The molecule has 0 N–H and O–H groups in total. The van der Waals surface area contributed by atoms with E-state index in [9.17, 15) is 4.57 Å². The van der Waals surface area contributed by atoms with Gasteiger partial charge in [0, 0.05) is 6.21 Å². The van der Waals surface area contributed by atoms with Crippen LogP contribution in [0.4, 0.5) is 0 Å². The van der Waals surface area contributed by atoms with Gasteiger partial charge in [0.15, 0.2) is 5.78 Å². The maximum Gasteiger partial charge on any atom is 0.359 e. The maximum atomic E-state index is 13.6. The summed E-state index contributed by atoms with van der Waals surface area (Å²) in [5, 5.41) is 0. The lowest BCUT2D eigenvalue weighted by molar-refractivity contribution is 0.137. The van der Waals surface area contributed by atoms with Gasteiger partial charge in [-0.15, -0.1) is 0 Å². The van der Waals surface area contributed by atoms with Gasteiger partial charge >= 0.3 is 7.60 Å². The van der Waals surface area contributed by atoms with Gasteiger partial charge in [0.25, 0.3) is 0 Å². The van der Waals surface area contributed by atoms with Gasteiger partial charge in [-0.1, -0.05) is 60.7 Å². The third kappa shape index (κ3) is 5.93. The highest BCUT2D eigenvalue weighted by Crippen LogP contribution is 2.63. The predicted octanol–water partition coefficient (Wildman–Crippen LogP) is 5.85. The van der Waals surface area contributed by atoms with Crippen LogP contribution in [0.2, 0.25) is 0 Å². The first-order valence-electron chi connectivity index (χ1n) is 8.50. The molecular weight excluding hydrogens is 333 g/mol. The second kappa shape index (κ2) is 9.10. The van der Waals surface area contributed by atoms with Crippen LogP contribution in [0.25, 0.3) is 0 Å². The summed E-state index contributed by atoms with van der Waals surface area (Å²) in [6.07, 6.45) is 1.25. The smallest absolute Gasteiger partial charge is 0.304 e. The maximum absolute atomic E-state index is 13.6. The van der Waals surface area contributed by atoms with Gasteiger partial charge < -0.3 is 9.05 Å². The number of hydrogen-bond donors (Lipinski definition) is 0. The first-order chi connectivity index (χ1) is 11.9. The van der Waals surface area contributed by atoms with Gasteiger partial charge in [0.1, 0.15) is 0 Å². The highest BCUT2D eigenvalue weighted by atomic mass is 31.2. The van der Waals surface area contributed by atoms with Gasteiger partial charge in [-0.25, -0.2) is 0 Å². The molecule has 0 bridgehead atoms. The first-order valence-corrected chi connectivity index (χ1v) is 10.1. The summed E-state index contributed by atoms with van der Waals surface area (Å²) in [6.45, 7) is 7.39. The van der Waals surface area contributed by atoms with Crippen molar-refractivity contribution in [2.24, 2.45) is 4.99 Å². The molecule has 2 rings (SSSR count). The van der Waals surface area contributed by atoms with Crippen LogP contribution in [0.1, 0.15) is 44.6 Å². The van der Waals surface area contributed by atoms with Crippen LogP contribution in [-0.4, -0.2) is 18.4 Å². The molecule has 0 fully saturated rings. The third-order valence-corrected chi connectivity index (χ3v) is 5.74. The number of benzene rings is 2. The molecular formula is C20H26NO3P. The molecule has 0 saturated carbocycles. The first kappa shape index (κ1) is 19.6. The minimum Gasteiger partial charge on any atom is -0.304 e. The molecule has 1 unspecified atom stereocenters. The minimum absolute atomic E-state index is 0.234. The Morgan fingerprint density at radius 2 is 1.32 bits per heavy atom. The van der Waals surface area contributed by atoms with Gasteiger partial charge in [0.2, 0.25) is 0 Å². The van der Waals surface area contributed by atoms with E-state index in [-0.39, 0.29) is 12.2 Å². The molecule has 134 valence electrons. The van der Waals surface area contributed by atoms with Gasteiger partial charge in [-0.05, 0) is 38.8 Å². The summed E-state index contributed by atoms with van der Waals surface area (Å²) < 4.78 is 25.1. The standard InChI is InChI=1S/C20H26NO3P/c1-16(2)23-25(22,24-17(3)4)20(19-13-9-6-10-14-19)21-15-18-11-7-5-8-12-18/h5-17,20H,1-4H3/b21-15+. The molecule has 0 radical (unpaired) electrons. The Morgan fingerprint density at radius 1 is 0.840 bits per heavy atom. The Bertz CT molecular complexity index is 700. The summed E-state index contributed by atoms with van der Waals surface area (Å²) in [4.78, 5) is 4.60. The van der Waals surface area contributed by atoms with E-state index in [1.54, 1.807) is 6.21 Å². The molecule has 0 heterocycles. The molecule has 2 aromatic carbocycles. The van der Waals surface area contributed by atoms with Crippen LogP contribution >= 0.6 is 7.60 Å². The van der Waals surface area contributed by atoms with Crippen molar-refractivity contribution in [2.75, 3.05) is 0 Å². The second-order valence-electron chi connectivity index (χ2n) is 6.32. The Kier molecular flexibility index (Phi) is 7.12. The molecule has 0 amide bonds. The van der Waals surface area contributed by atoms with E-state index < -0.39 is 13.4 Å². The summed E-state index contributed by atoms with van der Waals surface area (Å²) in [5.41, 5.74) is 1.74. The van der Waals surface area contributed by atoms with E-state index in [4.69, 9.17) is 9.05 Å². The number of nitrogens with zero attached hydrogens (tertiary/aromatic N) is 1. The van der Waals surface area contributed by atoms with Crippen molar-refractivity contribution in [3.05, 3.63) is 71.8 Å². The molecule has 0 spiro atoms. The molecule has 4 nitrogen and oxygen atoms in total. The SMILES string of the molecule is CC(C)OP(=O)(OC(C)C)C(/N=C/c1ccccc1)c1ccccc1. The lowest BCUT2D eigenvalue weighted by Gasteiger charge is -2.27. The zero-order valence-corrected chi connectivity index (χ0v) is 16.1. The lowest BCUT2D eigenvalue weighted by atomic mass is 10.2. The van der Waals surface area contributed by atoms with Crippen molar-refractivity contribution in [1.29, 1.82) is 0 Å². The van der Waals surface area contributed by atoms with Crippen molar-refractivity contribution >= 4 is 13.8 Å². The molecule has 0 aliphatic rings. The van der Waals surface area contributed by atoms with Crippen molar-refractivity contribution < 1.29 is 13.6 Å². The van der Waals surface area contributed by atoms with Crippen LogP contribution < -0.4 is 0 Å². The van der Waals surface area contributed by atoms with E-state index in [0.717, 1.165) is 11.1 Å². The van der Waals surface area contributed by atoms with E-state index in [1.807, 2.05) is 88.4 Å². The molecule has 5 heteroatoms. The van der Waals surface area contributed by atoms with Crippen LogP contribution in [0.5, 0.6) is 0 Å². The molecule has 1 atom stereocenters. The number of hydrogen-bond acceptors (Lipinski definition) is 4. The average molecular weight is 359 g/mol. The predicted molar refractivity (Wildman–Crippen MR) is 103 cm³/mol. The van der Waals surface area contributed by atoms with Crippen molar-refractivity contribution in [3.8, 4) is 0 Å². The Labute approximate surface area is 150 Å². The highest BCUT2D eigenvalue weighted by Gasteiger charge is 2.38. The van der Waals surface area contributed by atoms with Crippen molar-refractivity contribution in [3.63, 3.8) is 0 Å². The Balaban J connectivity index is 2.45. The summed E-state index contributed by atoms with van der Waals surface area (Å²) in [5.74, 6) is -0.710. The zero-order chi connectivity index (χ0) is 18.3. The summed E-state index contributed by atoms with van der Waals surface area (Å²) in [6, 6.07) is 19.2. The molecule has 0 aliphatic carbocycles. The van der Waals surface area contributed by atoms with Gasteiger partial charge in [-0.2, -0.15) is 0 Å². The molecule has 25 heavy (non-hydrogen) atoms. The zero-order valence-electron chi connectivity index (χ0n) is 15.2. The second-order valence-corrected chi connectivity index (χ2v) is 8.31. The number of aliphatic imine (C=N–C) groups is 1. The Hall–Kier alpha value is -1.74. The molecule has 2 aromatic rings. The fraction of sp³-hybridized carbons (Fsp3) is 0.350. The fourth-order valence-corrected chi connectivity index (χ4v) is 4.62. The van der Waals surface area contributed by atoms with E-state index in [2.05, 4.69) is 4.99 Å². The van der Waals surface area contributed by atoms with E-state index >= 15 is 0 Å². The average Bonchev–Trinajstić information content (AvgIpc) is 2.55. The normalized spacial score (nSPS) is 13.7. The van der Waals surface area contributed by atoms with Crippen LogP contribution in [0.15, 0.2) is 65.7 Å². The fourth-order valence-electron chi connectivity index (χ4n) is 2.40. The lowest BCUT2D eigenvalue weighted by Crippen LogP contribution is -2.13. The van der Waals surface area contributed by atoms with E-state index in [1.165, 1.54) is 0 Å². The monoisotopic (exact) mass is 359 g/mol. The van der Waals surface area contributed by atoms with E-state index in [0.29, 0.717) is 0 Å². The quantitative estimate of drug-likeness (QED) is 0.439. The van der Waals surface area contributed by atoms with Crippen LogP contribution in [-0.2, 0) is 13.6 Å². The molecule has 0 aliphatic heterocycles. The summed E-state index contributed by atoms with van der Waals surface area (Å²) >= 11 is 0. The highest BCUT2D eigenvalue weighted by molar-refractivity contribution is 7.54. The molecule has 0 saturated heterocycles. The third-order valence-electron chi connectivity index (χ3n) is 3.28. The van der Waals surface area contributed by atoms with Crippen LogP contribution in [0, 0.1) is 0 Å².